The third-order valence-electron chi connectivity index (χ3n) is 5.39. The van der Waals surface area contributed by atoms with Crippen LogP contribution in [-0.4, -0.2) is 35.5 Å². The largest absolute Gasteiger partial charge is 0.504 e. The number of nitriles is 1. The van der Waals surface area contributed by atoms with Crippen LogP contribution in [0.2, 0.25) is 0 Å². The lowest BCUT2D eigenvalue weighted by molar-refractivity contribution is -0.124. The molecule has 2 atom stereocenters. The third-order valence-corrected chi connectivity index (χ3v) is 5.39. The fraction of sp³-hybridized carbons (Fsp3) is 0.179. The van der Waals surface area contributed by atoms with Gasteiger partial charge in [0.15, 0.2) is 17.6 Å². The van der Waals surface area contributed by atoms with Crippen LogP contribution in [0.5, 0.6) is 17.2 Å². The van der Waals surface area contributed by atoms with Gasteiger partial charge in [-0.15, -0.1) is 0 Å². The lowest BCUT2D eigenvalue weighted by atomic mass is 9.99. The second-order valence-electron chi connectivity index (χ2n) is 8.00. The molecule has 4 N–H and O–H groups in total. The molecule has 0 bridgehead atoms. The molecule has 3 aromatic rings. The van der Waals surface area contributed by atoms with Gasteiger partial charge in [0.25, 0.3) is 5.91 Å². The normalized spacial score (nSPS) is 12.1. The fourth-order valence-corrected chi connectivity index (χ4v) is 3.57. The zero-order chi connectivity index (χ0) is 27.3. The molecule has 0 fully saturated rings. The molecule has 0 aliphatic rings. The number of carbonyl (C=O) groups is 2. The van der Waals surface area contributed by atoms with Gasteiger partial charge >= 0.3 is 6.09 Å². The summed E-state index contributed by atoms with van der Waals surface area (Å²) < 4.78 is 17.2. The molecule has 2 amide bonds. The summed E-state index contributed by atoms with van der Waals surface area (Å²) in [6.07, 6.45) is 0.824. The van der Waals surface area contributed by atoms with Gasteiger partial charge in [0, 0.05) is 17.3 Å². The van der Waals surface area contributed by atoms with E-state index in [-0.39, 0.29) is 11.5 Å². The Bertz CT molecular complexity index is 1290. The van der Waals surface area contributed by atoms with Crippen LogP contribution in [0.1, 0.15) is 30.1 Å². The summed E-state index contributed by atoms with van der Waals surface area (Å²) in [6.45, 7) is 0. The van der Waals surface area contributed by atoms with Crippen molar-refractivity contribution < 1.29 is 34.1 Å². The minimum Gasteiger partial charge on any atom is -0.504 e. The van der Waals surface area contributed by atoms with Crippen molar-refractivity contribution in [3.8, 4) is 23.3 Å². The molecule has 0 saturated carbocycles. The zero-order valence-corrected chi connectivity index (χ0v) is 20.5. The maximum Gasteiger partial charge on any atom is 0.412 e. The van der Waals surface area contributed by atoms with E-state index in [0.29, 0.717) is 35.4 Å². The van der Waals surface area contributed by atoms with Crippen LogP contribution in [0.4, 0.5) is 10.5 Å². The van der Waals surface area contributed by atoms with Crippen molar-refractivity contribution in [2.45, 2.75) is 25.0 Å². The average Bonchev–Trinajstić information content (AvgIpc) is 2.94. The smallest absolute Gasteiger partial charge is 0.412 e. The molecule has 0 aliphatic heterocycles. The van der Waals surface area contributed by atoms with E-state index in [1.165, 1.54) is 24.7 Å². The first kappa shape index (κ1) is 27.6. The predicted molar refractivity (Wildman–Crippen MR) is 138 cm³/mol. The molecule has 3 rings (SSSR count). The Morgan fingerprint density at radius 2 is 1.82 bits per heavy atom. The minimum absolute atomic E-state index is 0.149. The molecule has 38 heavy (non-hydrogen) atoms. The van der Waals surface area contributed by atoms with E-state index in [1.54, 1.807) is 66.7 Å². The van der Waals surface area contributed by atoms with Crippen molar-refractivity contribution in [2.75, 3.05) is 12.4 Å². The third kappa shape index (κ3) is 8.01. The van der Waals surface area contributed by atoms with Crippen molar-refractivity contribution in [1.82, 2.24) is 5.48 Å². The highest BCUT2D eigenvalue weighted by atomic mass is 16.6. The molecule has 0 radical (unpaired) electrons. The summed E-state index contributed by atoms with van der Waals surface area (Å²) in [5.74, 6) is -0.0642. The number of para-hydroxylation sites is 1. The quantitative estimate of drug-likeness (QED) is 0.160. The number of ether oxygens (including phenoxy) is 3. The monoisotopic (exact) mass is 517 g/mol. The summed E-state index contributed by atoms with van der Waals surface area (Å²) in [5, 5.41) is 30.7. The van der Waals surface area contributed by atoms with Gasteiger partial charge in [-0.1, -0.05) is 30.3 Å². The SMILES string of the molecule is COc1ccc([C@@H](OC(=O)Nc2ccc(C#N)cc2)[C@@H](CC/C=C/C(=O)NO)Oc2ccccc2)cc1O. The van der Waals surface area contributed by atoms with E-state index >= 15 is 0 Å². The van der Waals surface area contributed by atoms with Gasteiger partial charge in [-0.3, -0.25) is 15.3 Å². The van der Waals surface area contributed by atoms with Crippen LogP contribution >= 0.6 is 0 Å². The van der Waals surface area contributed by atoms with E-state index in [9.17, 15) is 14.7 Å². The van der Waals surface area contributed by atoms with Crippen molar-refractivity contribution >= 4 is 17.7 Å². The van der Waals surface area contributed by atoms with Crippen LogP contribution < -0.4 is 20.3 Å². The topological polar surface area (TPSA) is 150 Å². The number of anilines is 1. The van der Waals surface area contributed by atoms with Crippen molar-refractivity contribution in [3.63, 3.8) is 0 Å². The van der Waals surface area contributed by atoms with Gasteiger partial charge in [-0.25, -0.2) is 10.3 Å². The molecule has 0 heterocycles. The Morgan fingerprint density at radius 3 is 2.45 bits per heavy atom. The number of amides is 2. The van der Waals surface area contributed by atoms with Gasteiger partial charge in [0.1, 0.15) is 11.9 Å². The summed E-state index contributed by atoms with van der Waals surface area (Å²) in [6, 6.07) is 21.8. The zero-order valence-electron chi connectivity index (χ0n) is 20.5. The molecule has 0 aromatic heterocycles. The highest BCUT2D eigenvalue weighted by molar-refractivity contribution is 5.86. The molecule has 196 valence electrons. The molecule has 0 saturated heterocycles. The number of hydrogen-bond donors (Lipinski definition) is 4. The van der Waals surface area contributed by atoms with Gasteiger partial charge in [0.2, 0.25) is 0 Å². The second-order valence-corrected chi connectivity index (χ2v) is 8.00. The molecule has 10 nitrogen and oxygen atoms in total. The lowest BCUT2D eigenvalue weighted by Gasteiger charge is -2.28. The molecule has 10 heteroatoms. The predicted octanol–water partition coefficient (Wildman–Crippen LogP) is 4.85. The van der Waals surface area contributed by atoms with Gasteiger partial charge in [0.05, 0.1) is 18.7 Å². The first-order valence-electron chi connectivity index (χ1n) is 11.6. The highest BCUT2D eigenvalue weighted by Gasteiger charge is 2.30. The van der Waals surface area contributed by atoms with E-state index in [2.05, 4.69) is 5.32 Å². The number of nitrogens with zero attached hydrogens (tertiary/aromatic N) is 1. The number of carbonyl (C=O) groups excluding carboxylic acids is 2. The summed E-state index contributed by atoms with van der Waals surface area (Å²) in [7, 11) is 1.42. The Kier molecular flexibility index (Phi) is 10.1. The number of nitrogens with one attached hydrogen (secondary N) is 2. The first-order valence-corrected chi connectivity index (χ1v) is 11.6. The number of allylic oxidation sites excluding steroid dienone is 1. The number of methoxy groups -OCH3 is 1. The Balaban J connectivity index is 1.91. The number of aromatic hydroxyl groups is 1. The maximum atomic E-state index is 12.9. The standard InChI is InChI=1S/C28H27N3O7/c1-36-24-16-13-20(17-23(24)32)27(38-28(34)30-21-14-11-19(18-29)12-15-21)25(9-5-6-10-26(33)31-35)37-22-7-3-2-4-8-22/h2-4,6-8,10-17,25,27,32,35H,5,9H2,1H3,(H,30,34)(H,31,33)/b10-6+/t25-,27-/m1/s1. The van der Waals surface area contributed by atoms with Gasteiger partial charge < -0.3 is 19.3 Å². The molecule has 0 aliphatic carbocycles. The molecule has 0 spiro atoms. The van der Waals surface area contributed by atoms with Crippen LogP contribution in [0, 0.1) is 11.3 Å². The number of phenolic OH excluding ortho intramolecular Hbond substituents is 1. The lowest BCUT2D eigenvalue weighted by Crippen LogP contribution is -2.31. The molecule has 3 aromatic carbocycles. The summed E-state index contributed by atoms with van der Waals surface area (Å²) >= 11 is 0. The van der Waals surface area contributed by atoms with E-state index in [4.69, 9.17) is 24.7 Å². The number of hydroxylamine groups is 1. The maximum absolute atomic E-state index is 12.9. The molecular weight excluding hydrogens is 490 g/mol. The number of hydrogen-bond acceptors (Lipinski definition) is 8. The van der Waals surface area contributed by atoms with E-state index in [0.717, 1.165) is 0 Å². The van der Waals surface area contributed by atoms with Crippen LogP contribution in [0.3, 0.4) is 0 Å². The van der Waals surface area contributed by atoms with Crippen molar-refractivity contribution in [2.24, 2.45) is 0 Å². The summed E-state index contributed by atoms with van der Waals surface area (Å²) in [5.41, 5.74) is 2.82. The summed E-state index contributed by atoms with van der Waals surface area (Å²) in [4.78, 5) is 24.3. The molecular formula is C28H27N3O7. The Hall–Kier alpha value is -5.01. The van der Waals surface area contributed by atoms with Crippen molar-refractivity contribution in [3.05, 3.63) is 96.1 Å². The van der Waals surface area contributed by atoms with E-state index in [1.807, 2.05) is 12.1 Å². The van der Waals surface area contributed by atoms with Crippen molar-refractivity contribution in [1.29, 1.82) is 5.26 Å². The number of phenols is 1. The van der Waals surface area contributed by atoms with Crippen LogP contribution in [0.25, 0.3) is 0 Å². The van der Waals surface area contributed by atoms with Crippen LogP contribution in [0.15, 0.2) is 84.9 Å². The first-order chi connectivity index (χ1) is 18.4. The fourth-order valence-electron chi connectivity index (χ4n) is 3.57. The Morgan fingerprint density at radius 1 is 1.08 bits per heavy atom. The average molecular weight is 518 g/mol. The number of rotatable bonds is 11. The minimum atomic E-state index is -0.995. The van der Waals surface area contributed by atoms with Gasteiger partial charge in [-0.05, 0) is 61.4 Å². The van der Waals surface area contributed by atoms with Crippen LogP contribution in [-0.2, 0) is 9.53 Å². The second kappa shape index (κ2) is 13.9. The number of benzene rings is 3. The molecule has 0 unspecified atom stereocenters. The van der Waals surface area contributed by atoms with E-state index < -0.39 is 24.2 Å². The highest BCUT2D eigenvalue weighted by Crippen LogP contribution is 2.34. The Labute approximate surface area is 219 Å². The van der Waals surface area contributed by atoms with Gasteiger partial charge in [-0.2, -0.15) is 5.26 Å².